The minimum Gasteiger partial charge on any atom is -0.480 e. The Morgan fingerprint density at radius 3 is 2.21 bits per heavy atom. The van der Waals surface area contributed by atoms with Crippen LogP contribution in [-0.4, -0.2) is 37.4 Å². The molecule has 0 heterocycles. The molecule has 0 aliphatic rings. The van der Waals surface area contributed by atoms with E-state index in [-0.39, 0.29) is 19.6 Å². The van der Waals surface area contributed by atoms with Crippen LogP contribution in [0, 0.1) is 5.41 Å². The molecule has 0 aromatic carbocycles. The van der Waals surface area contributed by atoms with Gasteiger partial charge in [-0.05, 0) is 13.3 Å². The zero-order valence-electron chi connectivity index (χ0n) is 8.70. The van der Waals surface area contributed by atoms with E-state index in [1.165, 1.54) is 7.11 Å². The summed E-state index contributed by atoms with van der Waals surface area (Å²) in [5.74, 6) is -1.95. The first-order chi connectivity index (χ1) is 6.55. The van der Waals surface area contributed by atoms with Gasteiger partial charge in [0.2, 0.25) is 0 Å². The summed E-state index contributed by atoms with van der Waals surface area (Å²) < 4.78 is 9.46. The van der Waals surface area contributed by atoms with E-state index in [9.17, 15) is 9.59 Å². The molecule has 1 N–H and O–H groups in total. The predicted octanol–water partition coefficient (Wildman–Crippen LogP) is 0.677. The molecule has 0 aliphatic carbocycles. The lowest BCUT2D eigenvalue weighted by Gasteiger charge is -2.24. The molecule has 0 amide bonds. The zero-order valence-corrected chi connectivity index (χ0v) is 8.70. The van der Waals surface area contributed by atoms with Crippen molar-refractivity contribution in [3.63, 3.8) is 0 Å². The lowest BCUT2D eigenvalue weighted by atomic mass is 9.86. The third kappa shape index (κ3) is 2.45. The molecule has 0 rings (SSSR count). The summed E-state index contributed by atoms with van der Waals surface area (Å²) in [6, 6.07) is 0. The van der Waals surface area contributed by atoms with Crippen LogP contribution < -0.4 is 0 Å². The van der Waals surface area contributed by atoms with Gasteiger partial charge in [-0.3, -0.25) is 9.59 Å². The van der Waals surface area contributed by atoms with Crippen LogP contribution in [-0.2, 0) is 19.1 Å². The smallest absolute Gasteiger partial charge is 0.325 e. The quantitative estimate of drug-likeness (QED) is 0.508. The van der Waals surface area contributed by atoms with Crippen molar-refractivity contribution in [2.75, 3.05) is 20.3 Å². The van der Waals surface area contributed by atoms with Crippen molar-refractivity contribution in [2.45, 2.75) is 20.3 Å². The molecule has 0 fully saturated rings. The third-order valence-electron chi connectivity index (χ3n) is 2.07. The Kier molecular flexibility index (Phi) is 5.15. The van der Waals surface area contributed by atoms with Gasteiger partial charge in [-0.1, -0.05) is 6.92 Å². The average Bonchev–Trinajstić information content (AvgIpc) is 2.14. The number of rotatable bonds is 6. The highest BCUT2D eigenvalue weighted by atomic mass is 16.5. The van der Waals surface area contributed by atoms with Crippen molar-refractivity contribution in [1.82, 2.24) is 0 Å². The van der Waals surface area contributed by atoms with E-state index < -0.39 is 17.4 Å². The summed E-state index contributed by atoms with van der Waals surface area (Å²) in [4.78, 5) is 22.4. The normalized spacial score (nSPS) is 14.5. The number of hydrogen-bond acceptors (Lipinski definition) is 4. The summed E-state index contributed by atoms with van der Waals surface area (Å²) in [5, 5.41) is 8.97. The fourth-order valence-electron chi connectivity index (χ4n) is 1.12. The number of carboxylic acid groups (broad SMARTS) is 1. The Morgan fingerprint density at radius 1 is 1.36 bits per heavy atom. The first kappa shape index (κ1) is 12.9. The van der Waals surface area contributed by atoms with Crippen molar-refractivity contribution in [2.24, 2.45) is 5.41 Å². The van der Waals surface area contributed by atoms with Crippen molar-refractivity contribution >= 4 is 11.9 Å². The van der Waals surface area contributed by atoms with Crippen LogP contribution >= 0.6 is 0 Å². The summed E-state index contributed by atoms with van der Waals surface area (Å²) >= 11 is 0. The lowest BCUT2D eigenvalue weighted by Crippen LogP contribution is -2.44. The van der Waals surface area contributed by atoms with Gasteiger partial charge in [0.25, 0.3) is 0 Å². The number of esters is 1. The second-order valence-electron chi connectivity index (χ2n) is 2.89. The molecule has 0 radical (unpaired) electrons. The Labute approximate surface area is 83.0 Å². The highest BCUT2D eigenvalue weighted by Crippen LogP contribution is 2.24. The largest absolute Gasteiger partial charge is 0.480 e. The SMILES string of the molecule is CCOC(=O)C(CC)(COC)C(=O)O. The molecule has 1 atom stereocenters. The molecule has 14 heavy (non-hydrogen) atoms. The summed E-state index contributed by atoms with van der Waals surface area (Å²) in [7, 11) is 1.35. The third-order valence-corrected chi connectivity index (χ3v) is 2.07. The van der Waals surface area contributed by atoms with Gasteiger partial charge in [-0.15, -0.1) is 0 Å². The fourth-order valence-corrected chi connectivity index (χ4v) is 1.12. The number of carbonyl (C=O) groups is 2. The minimum atomic E-state index is -1.56. The summed E-state index contributed by atoms with van der Waals surface area (Å²) in [6.45, 7) is 3.24. The van der Waals surface area contributed by atoms with Crippen molar-refractivity contribution in [3.05, 3.63) is 0 Å². The molecule has 1 unspecified atom stereocenters. The molecular formula is C9H16O5. The Hall–Kier alpha value is -1.10. The van der Waals surface area contributed by atoms with Gasteiger partial charge in [0.15, 0.2) is 5.41 Å². The monoisotopic (exact) mass is 204 g/mol. The predicted molar refractivity (Wildman–Crippen MR) is 48.9 cm³/mol. The number of carboxylic acids is 1. The second-order valence-corrected chi connectivity index (χ2v) is 2.89. The molecule has 0 saturated carbocycles. The minimum absolute atomic E-state index is 0.148. The molecule has 0 aromatic heterocycles. The zero-order chi connectivity index (χ0) is 11.2. The van der Waals surface area contributed by atoms with Crippen LogP contribution in [0.25, 0.3) is 0 Å². The van der Waals surface area contributed by atoms with E-state index >= 15 is 0 Å². The average molecular weight is 204 g/mol. The fraction of sp³-hybridized carbons (Fsp3) is 0.778. The number of carbonyl (C=O) groups excluding carboxylic acids is 1. The maximum Gasteiger partial charge on any atom is 0.325 e. The highest BCUT2D eigenvalue weighted by molar-refractivity contribution is 5.99. The van der Waals surface area contributed by atoms with Crippen LogP contribution in [0.1, 0.15) is 20.3 Å². The van der Waals surface area contributed by atoms with Gasteiger partial charge in [-0.2, -0.15) is 0 Å². The first-order valence-corrected chi connectivity index (χ1v) is 4.44. The number of aliphatic carboxylic acids is 1. The maximum absolute atomic E-state index is 11.4. The summed E-state index contributed by atoms with van der Waals surface area (Å²) in [5.41, 5.74) is -1.56. The van der Waals surface area contributed by atoms with E-state index in [1.807, 2.05) is 0 Å². The molecule has 0 saturated heterocycles. The molecule has 5 heteroatoms. The van der Waals surface area contributed by atoms with E-state index in [0.717, 1.165) is 0 Å². The lowest BCUT2D eigenvalue weighted by molar-refractivity contribution is -0.173. The molecular weight excluding hydrogens is 188 g/mol. The van der Waals surface area contributed by atoms with Gasteiger partial charge in [0.05, 0.1) is 13.2 Å². The van der Waals surface area contributed by atoms with Crippen molar-refractivity contribution in [3.8, 4) is 0 Å². The molecule has 0 aromatic rings. The number of hydrogen-bond donors (Lipinski definition) is 1. The van der Waals surface area contributed by atoms with E-state index in [2.05, 4.69) is 0 Å². The molecule has 82 valence electrons. The second kappa shape index (κ2) is 5.59. The van der Waals surface area contributed by atoms with Gasteiger partial charge in [-0.25, -0.2) is 0 Å². The first-order valence-electron chi connectivity index (χ1n) is 4.44. The van der Waals surface area contributed by atoms with Crippen molar-refractivity contribution < 1.29 is 24.2 Å². The van der Waals surface area contributed by atoms with Crippen LogP contribution in [0.15, 0.2) is 0 Å². The maximum atomic E-state index is 11.4. The van der Waals surface area contributed by atoms with Crippen LogP contribution in [0.4, 0.5) is 0 Å². The van der Waals surface area contributed by atoms with Gasteiger partial charge in [0.1, 0.15) is 0 Å². The Bertz CT molecular complexity index is 213. The number of ether oxygens (including phenoxy) is 2. The Morgan fingerprint density at radius 2 is 1.93 bits per heavy atom. The molecule has 5 nitrogen and oxygen atoms in total. The van der Waals surface area contributed by atoms with Crippen LogP contribution in [0.3, 0.4) is 0 Å². The topological polar surface area (TPSA) is 72.8 Å². The van der Waals surface area contributed by atoms with Crippen LogP contribution in [0.2, 0.25) is 0 Å². The van der Waals surface area contributed by atoms with Crippen LogP contribution in [0.5, 0.6) is 0 Å². The standard InChI is InChI=1S/C9H16O5/c1-4-9(6-13-3,7(10)11)8(12)14-5-2/h4-6H2,1-3H3,(H,10,11). The van der Waals surface area contributed by atoms with E-state index in [1.54, 1.807) is 13.8 Å². The molecule has 0 bridgehead atoms. The van der Waals surface area contributed by atoms with E-state index in [4.69, 9.17) is 14.6 Å². The molecule has 0 aliphatic heterocycles. The number of methoxy groups -OCH3 is 1. The highest BCUT2D eigenvalue weighted by Gasteiger charge is 2.46. The Balaban J connectivity index is 4.82. The van der Waals surface area contributed by atoms with Crippen molar-refractivity contribution in [1.29, 1.82) is 0 Å². The van der Waals surface area contributed by atoms with Gasteiger partial charge < -0.3 is 14.6 Å². The summed E-state index contributed by atoms with van der Waals surface area (Å²) in [6.07, 6.45) is 0.148. The van der Waals surface area contributed by atoms with Gasteiger partial charge >= 0.3 is 11.9 Å². The molecule has 0 spiro atoms. The van der Waals surface area contributed by atoms with Gasteiger partial charge in [0, 0.05) is 7.11 Å². The van der Waals surface area contributed by atoms with E-state index in [0.29, 0.717) is 0 Å².